The van der Waals surface area contributed by atoms with Crippen LogP contribution in [-0.2, 0) is 10.3 Å². The van der Waals surface area contributed by atoms with Gasteiger partial charge in [-0.25, -0.2) is 9.18 Å². The lowest BCUT2D eigenvalue weighted by Crippen LogP contribution is -2.02. The van der Waals surface area contributed by atoms with E-state index in [1.807, 2.05) is 0 Å². The molecule has 14 heavy (non-hydrogen) atoms. The first-order valence-corrected chi connectivity index (χ1v) is 5.02. The highest BCUT2D eigenvalue weighted by atomic mass is 79.9. The van der Waals surface area contributed by atoms with Crippen molar-refractivity contribution >= 4 is 22.0 Å². The minimum absolute atomic E-state index is 0.306. The van der Waals surface area contributed by atoms with Gasteiger partial charge in [-0.3, -0.25) is 0 Å². The quantitative estimate of drug-likeness (QED) is 0.590. The molecule has 0 spiro atoms. The summed E-state index contributed by atoms with van der Waals surface area (Å²) in [6.07, 6.45) is 3.24. The lowest BCUT2D eigenvalue weighted by atomic mass is 10.1. The summed E-state index contributed by atoms with van der Waals surface area (Å²) in [6, 6.07) is 4.71. The Balaban J connectivity index is 2.42. The third kappa shape index (κ3) is 1.51. The maximum Gasteiger partial charge on any atom is 0.235 e. The van der Waals surface area contributed by atoms with Crippen LogP contribution in [-0.4, -0.2) is 6.08 Å². The summed E-state index contributed by atoms with van der Waals surface area (Å²) in [4.78, 5) is 14.0. The van der Waals surface area contributed by atoms with Gasteiger partial charge in [-0.2, -0.15) is 4.99 Å². The second kappa shape index (κ2) is 3.30. The van der Waals surface area contributed by atoms with Crippen LogP contribution in [0.5, 0.6) is 0 Å². The van der Waals surface area contributed by atoms with Crippen molar-refractivity contribution in [3.8, 4) is 0 Å². The van der Waals surface area contributed by atoms with Crippen LogP contribution < -0.4 is 0 Å². The normalized spacial score (nSPS) is 17.3. The number of rotatable bonds is 2. The van der Waals surface area contributed by atoms with E-state index < -0.39 is 5.54 Å². The van der Waals surface area contributed by atoms with E-state index in [4.69, 9.17) is 0 Å². The van der Waals surface area contributed by atoms with Gasteiger partial charge in [0.15, 0.2) is 0 Å². The summed E-state index contributed by atoms with van der Waals surface area (Å²) in [6.45, 7) is 0. The first-order chi connectivity index (χ1) is 6.68. The van der Waals surface area contributed by atoms with Crippen LogP contribution in [0.1, 0.15) is 18.4 Å². The highest BCUT2D eigenvalue weighted by Gasteiger charge is 2.44. The maximum atomic E-state index is 12.9. The minimum atomic E-state index is -0.419. The Morgan fingerprint density at radius 3 is 2.71 bits per heavy atom. The van der Waals surface area contributed by atoms with E-state index in [0.717, 1.165) is 18.4 Å². The molecule has 1 aliphatic carbocycles. The first kappa shape index (κ1) is 9.56. The predicted molar refractivity (Wildman–Crippen MR) is 53.1 cm³/mol. The van der Waals surface area contributed by atoms with Gasteiger partial charge < -0.3 is 0 Å². The maximum absolute atomic E-state index is 12.9. The van der Waals surface area contributed by atoms with Crippen LogP contribution in [0.3, 0.4) is 0 Å². The van der Waals surface area contributed by atoms with E-state index in [2.05, 4.69) is 20.9 Å². The standard InChI is InChI=1S/C10H7BrFNO/c11-8-5-7(1-2-9(8)12)10(3-4-10)13-6-14/h1-2,5H,3-4H2. The number of benzene rings is 1. The molecular weight excluding hydrogens is 249 g/mol. The molecule has 0 aromatic heterocycles. The summed E-state index contributed by atoms with van der Waals surface area (Å²) in [5.74, 6) is -0.306. The molecule has 0 radical (unpaired) electrons. The van der Waals surface area contributed by atoms with Gasteiger partial charge in [0.25, 0.3) is 0 Å². The van der Waals surface area contributed by atoms with Gasteiger partial charge in [-0.1, -0.05) is 6.07 Å². The molecule has 0 heterocycles. The van der Waals surface area contributed by atoms with Crippen LogP contribution >= 0.6 is 15.9 Å². The Kier molecular flexibility index (Phi) is 2.25. The Morgan fingerprint density at radius 1 is 1.50 bits per heavy atom. The molecule has 1 aliphatic rings. The fraction of sp³-hybridized carbons (Fsp3) is 0.300. The molecule has 0 bridgehead atoms. The molecule has 72 valence electrons. The monoisotopic (exact) mass is 255 g/mol. The fourth-order valence-electron chi connectivity index (χ4n) is 1.46. The number of nitrogens with zero attached hydrogens (tertiary/aromatic N) is 1. The summed E-state index contributed by atoms with van der Waals surface area (Å²) in [5.41, 5.74) is 0.451. The molecule has 4 heteroatoms. The molecule has 0 N–H and O–H groups in total. The summed E-state index contributed by atoms with van der Waals surface area (Å²) in [5, 5.41) is 0. The highest BCUT2D eigenvalue weighted by molar-refractivity contribution is 9.10. The summed E-state index contributed by atoms with van der Waals surface area (Å²) in [7, 11) is 0. The van der Waals surface area contributed by atoms with Gasteiger partial charge in [0.2, 0.25) is 6.08 Å². The molecule has 0 atom stereocenters. The number of hydrogen-bond acceptors (Lipinski definition) is 2. The minimum Gasteiger partial charge on any atom is -0.211 e. The third-order valence-corrected chi connectivity index (χ3v) is 3.05. The third-order valence-electron chi connectivity index (χ3n) is 2.44. The van der Waals surface area contributed by atoms with Crippen LogP contribution in [0.15, 0.2) is 27.7 Å². The average Bonchev–Trinajstić information content (AvgIpc) is 2.91. The highest BCUT2D eigenvalue weighted by Crippen LogP contribution is 2.49. The second-order valence-corrected chi connectivity index (χ2v) is 4.22. The van der Waals surface area contributed by atoms with Gasteiger partial charge in [-0.15, -0.1) is 0 Å². The molecule has 2 nitrogen and oxygen atoms in total. The van der Waals surface area contributed by atoms with E-state index in [0.29, 0.717) is 4.47 Å². The van der Waals surface area contributed by atoms with Gasteiger partial charge >= 0.3 is 0 Å². The number of hydrogen-bond donors (Lipinski definition) is 0. The molecular formula is C10H7BrFNO. The van der Waals surface area contributed by atoms with Crippen LogP contribution in [0.2, 0.25) is 0 Å². The Labute approximate surface area is 89.0 Å². The smallest absolute Gasteiger partial charge is 0.211 e. The number of isocyanates is 1. The van der Waals surface area contributed by atoms with Crippen molar-refractivity contribution < 1.29 is 9.18 Å². The van der Waals surface area contributed by atoms with Gasteiger partial charge in [0.1, 0.15) is 5.82 Å². The van der Waals surface area contributed by atoms with Crippen molar-refractivity contribution in [3.05, 3.63) is 34.1 Å². The molecule has 0 aliphatic heterocycles. The second-order valence-electron chi connectivity index (χ2n) is 3.36. The van der Waals surface area contributed by atoms with Crippen LogP contribution in [0.4, 0.5) is 4.39 Å². The Morgan fingerprint density at radius 2 is 2.21 bits per heavy atom. The zero-order valence-electron chi connectivity index (χ0n) is 7.26. The number of carbonyl (C=O) groups excluding carboxylic acids is 1. The van der Waals surface area contributed by atoms with Crippen LogP contribution in [0.25, 0.3) is 0 Å². The van der Waals surface area contributed by atoms with E-state index in [1.54, 1.807) is 18.2 Å². The van der Waals surface area contributed by atoms with E-state index in [-0.39, 0.29) is 5.82 Å². The predicted octanol–water partition coefficient (Wildman–Crippen LogP) is 2.91. The van der Waals surface area contributed by atoms with E-state index in [9.17, 15) is 9.18 Å². The average molecular weight is 256 g/mol. The molecule has 1 fully saturated rings. The largest absolute Gasteiger partial charge is 0.235 e. The molecule has 0 saturated heterocycles. The van der Waals surface area contributed by atoms with Crippen molar-refractivity contribution in [1.29, 1.82) is 0 Å². The van der Waals surface area contributed by atoms with E-state index >= 15 is 0 Å². The molecule has 2 rings (SSSR count). The van der Waals surface area contributed by atoms with Crippen molar-refractivity contribution in [3.63, 3.8) is 0 Å². The van der Waals surface area contributed by atoms with Crippen molar-refractivity contribution in [1.82, 2.24) is 0 Å². The Bertz CT molecular complexity index is 422. The SMILES string of the molecule is O=C=NC1(c2ccc(F)c(Br)c2)CC1. The van der Waals surface area contributed by atoms with Crippen LogP contribution in [0, 0.1) is 5.82 Å². The lowest BCUT2D eigenvalue weighted by Gasteiger charge is -2.08. The first-order valence-electron chi connectivity index (χ1n) is 4.22. The number of halogens is 2. The summed E-state index contributed by atoms with van der Waals surface area (Å²) >= 11 is 3.10. The number of aliphatic imine (C=N–C) groups is 1. The molecule has 0 amide bonds. The molecule has 1 saturated carbocycles. The summed E-state index contributed by atoms with van der Waals surface area (Å²) < 4.78 is 13.3. The molecule has 0 unspecified atom stereocenters. The van der Waals surface area contributed by atoms with E-state index in [1.165, 1.54) is 6.07 Å². The van der Waals surface area contributed by atoms with Crippen molar-refractivity contribution in [2.24, 2.45) is 4.99 Å². The fourth-order valence-corrected chi connectivity index (χ4v) is 1.84. The zero-order valence-corrected chi connectivity index (χ0v) is 8.84. The van der Waals surface area contributed by atoms with Crippen molar-refractivity contribution in [2.75, 3.05) is 0 Å². The Hall–Kier alpha value is -0.990. The van der Waals surface area contributed by atoms with Crippen molar-refractivity contribution in [2.45, 2.75) is 18.4 Å². The lowest BCUT2D eigenvalue weighted by molar-refractivity contribution is 0.556. The van der Waals surface area contributed by atoms with Gasteiger partial charge in [-0.05, 0) is 46.5 Å². The molecule has 1 aromatic rings. The van der Waals surface area contributed by atoms with Gasteiger partial charge in [0, 0.05) is 0 Å². The topological polar surface area (TPSA) is 29.4 Å². The molecule has 1 aromatic carbocycles. The zero-order chi connectivity index (χ0) is 10.2. The van der Waals surface area contributed by atoms with Gasteiger partial charge in [0.05, 0.1) is 10.0 Å².